The summed E-state index contributed by atoms with van der Waals surface area (Å²) in [6.45, 7) is 1.88. The van der Waals surface area contributed by atoms with E-state index in [0.29, 0.717) is 6.42 Å². The fraction of sp³-hybridized carbons (Fsp3) is 0.455. The second-order valence-electron chi connectivity index (χ2n) is 3.63. The van der Waals surface area contributed by atoms with Crippen molar-refractivity contribution in [1.82, 2.24) is 0 Å². The molecule has 0 heterocycles. The zero-order chi connectivity index (χ0) is 12.3. The Labute approximate surface area is 103 Å². The Hall–Kier alpha value is -0.810. The second kappa shape index (κ2) is 6.81. The molecule has 1 nitrogen and oxygen atoms in total. The van der Waals surface area contributed by atoms with Gasteiger partial charge in [-0.2, -0.15) is 0 Å². The second-order valence-corrected chi connectivity index (χ2v) is 3.63. The van der Waals surface area contributed by atoms with E-state index in [2.05, 4.69) is 0 Å². The van der Waals surface area contributed by atoms with Crippen LogP contribution in [0.15, 0.2) is 6.07 Å². The quantitative estimate of drug-likeness (QED) is 0.653. The average molecular weight is 272 g/mol. The molecule has 0 radical (unpaired) electrons. The molecule has 0 bridgehead atoms. The Morgan fingerprint density at radius 3 is 2.00 bits per heavy atom. The molecule has 1 atom stereocenters. The number of halogens is 5. The Balaban J connectivity index is 0.00000256. The number of benzene rings is 1. The maximum Gasteiger partial charge on any atom is 0.166 e. The van der Waals surface area contributed by atoms with Crippen molar-refractivity contribution in [3.63, 3.8) is 0 Å². The van der Waals surface area contributed by atoms with Crippen LogP contribution in [0.4, 0.5) is 17.6 Å². The minimum Gasteiger partial charge on any atom is -0.324 e. The first-order valence-corrected chi connectivity index (χ1v) is 5.07. The highest BCUT2D eigenvalue weighted by Gasteiger charge is 2.23. The van der Waals surface area contributed by atoms with Gasteiger partial charge in [-0.1, -0.05) is 19.8 Å². The monoisotopic (exact) mass is 271 g/mol. The van der Waals surface area contributed by atoms with Gasteiger partial charge >= 0.3 is 0 Å². The summed E-state index contributed by atoms with van der Waals surface area (Å²) in [6.07, 6.45) is 1.71. The van der Waals surface area contributed by atoms with Crippen molar-refractivity contribution < 1.29 is 17.6 Å². The molecule has 0 saturated heterocycles. The van der Waals surface area contributed by atoms with Crippen LogP contribution in [0.25, 0.3) is 0 Å². The molecule has 0 aliphatic heterocycles. The molecule has 0 saturated carbocycles. The van der Waals surface area contributed by atoms with Crippen LogP contribution in [-0.2, 0) is 0 Å². The van der Waals surface area contributed by atoms with Crippen molar-refractivity contribution in [2.75, 3.05) is 0 Å². The zero-order valence-electron chi connectivity index (χ0n) is 9.27. The summed E-state index contributed by atoms with van der Waals surface area (Å²) in [4.78, 5) is 0. The summed E-state index contributed by atoms with van der Waals surface area (Å²) in [5, 5.41) is 0. The number of hydrogen-bond acceptors (Lipinski definition) is 1. The number of unbranched alkanes of at least 4 members (excludes halogenated alkanes) is 1. The summed E-state index contributed by atoms with van der Waals surface area (Å²) in [5.74, 6) is -5.63. The van der Waals surface area contributed by atoms with Gasteiger partial charge in [0.2, 0.25) is 0 Å². The van der Waals surface area contributed by atoms with Crippen LogP contribution in [-0.4, -0.2) is 0 Å². The van der Waals surface area contributed by atoms with Crippen LogP contribution in [0.2, 0.25) is 0 Å². The predicted molar refractivity (Wildman–Crippen MR) is 60.0 cm³/mol. The molecule has 1 aromatic carbocycles. The highest BCUT2D eigenvalue weighted by atomic mass is 35.5. The predicted octanol–water partition coefficient (Wildman–Crippen LogP) is 3.85. The summed E-state index contributed by atoms with van der Waals surface area (Å²) in [7, 11) is 0. The summed E-state index contributed by atoms with van der Waals surface area (Å²) in [6, 6.07) is -0.842. The van der Waals surface area contributed by atoms with Crippen molar-refractivity contribution >= 4 is 12.4 Å². The first-order chi connectivity index (χ1) is 7.49. The van der Waals surface area contributed by atoms with E-state index < -0.39 is 34.9 Å². The molecule has 0 fully saturated rings. The first-order valence-electron chi connectivity index (χ1n) is 5.07. The van der Waals surface area contributed by atoms with Gasteiger partial charge in [0.05, 0.1) is 0 Å². The van der Waals surface area contributed by atoms with Gasteiger partial charge in [0, 0.05) is 17.7 Å². The molecule has 1 aromatic rings. The minimum absolute atomic E-state index is 0. The van der Waals surface area contributed by atoms with E-state index in [0.717, 1.165) is 6.42 Å². The van der Waals surface area contributed by atoms with Crippen molar-refractivity contribution in [2.45, 2.75) is 32.2 Å². The largest absolute Gasteiger partial charge is 0.324 e. The molecular formula is C11H14ClF4N. The fourth-order valence-electron chi connectivity index (χ4n) is 1.49. The van der Waals surface area contributed by atoms with Gasteiger partial charge in [0.1, 0.15) is 0 Å². The summed E-state index contributed by atoms with van der Waals surface area (Å²) >= 11 is 0. The van der Waals surface area contributed by atoms with Crippen LogP contribution < -0.4 is 5.73 Å². The lowest BCUT2D eigenvalue weighted by atomic mass is 10.0. The third-order valence-electron chi connectivity index (χ3n) is 2.39. The molecular weight excluding hydrogens is 258 g/mol. The number of rotatable bonds is 4. The molecule has 0 aromatic heterocycles. The van der Waals surface area contributed by atoms with Crippen molar-refractivity contribution in [3.8, 4) is 0 Å². The smallest absolute Gasteiger partial charge is 0.166 e. The lowest BCUT2D eigenvalue weighted by Gasteiger charge is -2.14. The number of nitrogens with two attached hydrogens (primary N) is 1. The highest BCUT2D eigenvalue weighted by Crippen LogP contribution is 2.26. The Morgan fingerprint density at radius 1 is 1.12 bits per heavy atom. The third-order valence-corrected chi connectivity index (χ3v) is 2.39. The normalized spacial score (nSPS) is 12.1. The first kappa shape index (κ1) is 16.2. The van der Waals surface area contributed by atoms with Gasteiger partial charge in [-0.25, -0.2) is 17.6 Å². The molecule has 0 aliphatic carbocycles. The van der Waals surface area contributed by atoms with Gasteiger partial charge in [0.25, 0.3) is 0 Å². The van der Waals surface area contributed by atoms with Crippen LogP contribution in [0.3, 0.4) is 0 Å². The molecule has 17 heavy (non-hydrogen) atoms. The van der Waals surface area contributed by atoms with Crippen molar-refractivity contribution in [3.05, 3.63) is 34.9 Å². The molecule has 0 unspecified atom stereocenters. The van der Waals surface area contributed by atoms with Crippen LogP contribution >= 0.6 is 12.4 Å². The lowest BCUT2D eigenvalue weighted by Crippen LogP contribution is -2.16. The molecule has 98 valence electrons. The van der Waals surface area contributed by atoms with Crippen LogP contribution in [0.5, 0.6) is 0 Å². The standard InChI is InChI=1S/C11H13F4N.ClH/c1-2-3-4-8(16)9-10(14)6(12)5-7(13)11(9)15;/h5,8H,2-4,16H2,1H3;1H/t8-;/m0./s1. The van der Waals surface area contributed by atoms with Crippen LogP contribution in [0, 0.1) is 23.3 Å². The third kappa shape index (κ3) is 3.57. The van der Waals surface area contributed by atoms with E-state index in [1.807, 2.05) is 6.92 Å². The highest BCUT2D eigenvalue weighted by molar-refractivity contribution is 5.85. The van der Waals surface area contributed by atoms with Crippen molar-refractivity contribution in [2.24, 2.45) is 5.73 Å². The van der Waals surface area contributed by atoms with E-state index >= 15 is 0 Å². The molecule has 0 spiro atoms. The molecule has 0 amide bonds. The Morgan fingerprint density at radius 2 is 1.59 bits per heavy atom. The van der Waals surface area contributed by atoms with E-state index in [9.17, 15) is 17.6 Å². The number of hydrogen-bond donors (Lipinski definition) is 1. The maximum atomic E-state index is 13.3. The zero-order valence-corrected chi connectivity index (χ0v) is 10.1. The van der Waals surface area contributed by atoms with Crippen LogP contribution in [0.1, 0.15) is 37.8 Å². The fourth-order valence-corrected chi connectivity index (χ4v) is 1.49. The van der Waals surface area contributed by atoms with E-state index in [4.69, 9.17) is 5.73 Å². The molecule has 2 N–H and O–H groups in total. The van der Waals surface area contributed by atoms with Gasteiger partial charge < -0.3 is 5.73 Å². The summed E-state index contributed by atoms with van der Waals surface area (Å²) in [5.41, 5.74) is 4.80. The van der Waals surface area contributed by atoms with E-state index in [-0.39, 0.29) is 24.9 Å². The van der Waals surface area contributed by atoms with Gasteiger partial charge in [0.15, 0.2) is 23.3 Å². The van der Waals surface area contributed by atoms with Gasteiger partial charge in [-0.3, -0.25) is 0 Å². The Kier molecular flexibility index (Phi) is 6.49. The Bertz CT molecular complexity index is 358. The average Bonchev–Trinajstić information content (AvgIpc) is 2.24. The van der Waals surface area contributed by atoms with Gasteiger partial charge in [-0.05, 0) is 6.42 Å². The topological polar surface area (TPSA) is 26.0 Å². The molecule has 6 heteroatoms. The van der Waals surface area contributed by atoms with E-state index in [1.54, 1.807) is 0 Å². The lowest BCUT2D eigenvalue weighted by molar-refractivity contribution is 0.420. The molecule has 1 rings (SSSR count). The van der Waals surface area contributed by atoms with E-state index in [1.165, 1.54) is 0 Å². The molecule has 0 aliphatic rings. The van der Waals surface area contributed by atoms with Gasteiger partial charge in [-0.15, -0.1) is 12.4 Å². The van der Waals surface area contributed by atoms with Crippen molar-refractivity contribution in [1.29, 1.82) is 0 Å². The summed E-state index contributed by atoms with van der Waals surface area (Å²) < 4.78 is 52.2. The minimum atomic E-state index is -1.42. The SMILES string of the molecule is CCCC[C@H](N)c1c(F)c(F)cc(F)c1F.Cl. The maximum absolute atomic E-state index is 13.3.